The maximum atomic E-state index is 12.7. The molecule has 0 spiro atoms. The van der Waals surface area contributed by atoms with Gasteiger partial charge in [-0.05, 0) is 30.3 Å². The van der Waals surface area contributed by atoms with E-state index in [0.29, 0.717) is 23.1 Å². The lowest BCUT2D eigenvalue weighted by atomic mass is 10.2. The lowest BCUT2D eigenvalue weighted by Crippen LogP contribution is -2.37. The maximum absolute atomic E-state index is 12.7. The third-order valence-corrected chi connectivity index (χ3v) is 5.11. The van der Waals surface area contributed by atoms with Crippen LogP contribution in [-0.2, 0) is 10.0 Å². The summed E-state index contributed by atoms with van der Waals surface area (Å²) < 4.78 is 32.3. The zero-order valence-electron chi connectivity index (χ0n) is 10.5. The summed E-state index contributed by atoms with van der Waals surface area (Å²) in [7, 11) is -3.63. The Balaban J connectivity index is 2.10. The Morgan fingerprint density at radius 3 is 2.70 bits per heavy atom. The Morgan fingerprint density at radius 2 is 1.90 bits per heavy atom. The summed E-state index contributed by atoms with van der Waals surface area (Å²) in [6, 6.07) is 13.4. The molecule has 0 aliphatic carbocycles. The minimum absolute atomic E-state index is 0.182. The molecule has 2 aromatic carbocycles. The van der Waals surface area contributed by atoms with Crippen molar-refractivity contribution < 1.29 is 13.2 Å². The van der Waals surface area contributed by atoms with Gasteiger partial charge < -0.3 is 4.74 Å². The number of halogens is 1. The summed E-state index contributed by atoms with van der Waals surface area (Å²) in [6.45, 7) is 0.614. The predicted octanol–water partition coefficient (Wildman–Crippen LogP) is 2.93. The van der Waals surface area contributed by atoms with Gasteiger partial charge in [0.1, 0.15) is 12.4 Å². The van der Waals surface area contributed by atoms with E-state index in [4.69, 9.17) is 16.3 Å². The van der Waals surface area contributed by atoms with Crippen LogP contribution in [0.5, 0.6) is 5.75 Å². The molecule has 20 heavy (non-hydrogen) atoms. The second kappa shape index (κ2) is 5.00. The predicted molar refractivity (Wildman–Crippen MR) is 77.9 cm³/mol. The van der Waals surface area contributed by atoms with Crippen LogP contribution in [0.25, 0.3) is 0 Å². The Morgan fingerprint density at radius 1 is 1.10 bits per heavy atom. The van der Waals surface area contributed by atoms with E-state index < -0.39 is 10.0 Å². The van der Waals surface area contributed by atoms with Gasteiger partial charge in [0.15, 0.2) is 0 Å². The molecule has 0 radical (unpaired) electrons. The first kappa shape index (κ1) is 13.3. The van der Waals surface area contributed by atoms with Gasteiger partial charge in [0, 0.05) is 5.02 Å². The van der Waals surface area contributed by atoms with Crippen molar-refractivity contribution in [1.29, 1.82) is 0 Å². The molecule has 104 valence electrons. The van der Waals surface area contributed by atoms with Crippen LogP contribution in [0.3, 0.4) is 0 Å². The van der Waals surface area contributed by atoms with Crippen LogP contribution in [0, 0.1) is 0 Å². The van der Waals surface area contributed by atoms with E-state index in [9.17, 15) is 8.42 Å². The lowest BCUT2D eigenvalue weighted by Gasteiger charge is -2.30. The Bertz CT molecular complexity index is 746. The minimum Gasteiger partial charge on any atom is -0.489 e. The average Bonchev–Trinajstić information content (AvgIpc) is 2.46. The van der Waals surface area contributed by atoms with Gasteiger partial charge in [-0.2, -0.15) is 0 Å². The van der Waals surface area contributed by atoms with Gasteiger partial charge in [0.2, 0.25) is 0 Å². The molecule has 1 heterocycles. The van der Waals surface area contributed by atoms with E-state index in [1.807, 2.05) is 6.07 Å². The van der Waals surface area contributed by atoms with Crippen LogP contribution in [0.4, 0.5) is 5.69 Å². The largest absolute Gasteiger partial charge is 0.489 e. The summed E-state index contributed by atoms with van der Waals surface area (Å²) in [5.74, 6) is 0.573. The first-order valence-electron chi connectivity index (χ1n) is 6.09. The van der Waals surface area contributed by atoms with Gasteiger partial charge in [-0.1, -0.05) is 29.8 Å². The summed E-state index contributed by atoms with van der Waals surface area (Å²) in [4.78, 5) is 0.182. The molecule has 0 aromatic heterocycles. The summed E-state index contributed by atoms with van der Waals surface area (Å²) in [5.41, 5.74) is 0.554. The molecule has 1 aliphatic rings. The number of benzene rings is 2. The number of para-hydroxylation sites is 2. The number of rotatable bonds is 2. The van der Waals surface area contributed by atoms with Crippen LogP contribution >= 0.6 is 11.6 Å². The number of hydrogen-bond acceptors (Lipinski definition) is 3. The Labute approximate surface area is 122 Å². The standard InChI is InChI=1S/C14H12ClNO3S/c15-11-4-3-5-12(10-11)20(17,18)16-8-9-19-14-7-2-1-6-13(14)16/h1-7,10H,8-9H2. The third-order valence-electron chi connectivity index (χ3n) is 3.07. The smallest absolute Gasteiger partial charge is 0.264 e. The van der Waals surface area contributed by atoms with Gasteiger partial charge in [-0.3, -0.25) is 4.31 Å². The molecule has 6 heteroatoms. The fourth-order valence-corrected chi connectivity index (χ4v) is 3.91. The molecule has 0 fully saturated rings. The van der Waals surface area contributed by atoms with Crippen LogP contribution in [0.1, 0.15) is 0 Å². The summed E-state index contributed by atoms with van der Waals surface area (Å²) in [5, 5.41) is 0.396. The van der Waals surface area contributed by atoms with Crippen LogP contribution in [0.2, 0.25) is 5.02 Å². The van der Waals surface area contributed by atoms with Gasteiger partial charge in [-0.15, -0.1) is 0 Å². The first-order chi connectivity index (χ1) is 9.59. The van der Waals surface area contributed by atoms with Gasteiger partial charge in [-0.25, -0.2) is 8.42 Å². The summed E-state index contributed by atoms with van der Waals surface area (Å²) >= 11 is 5.88. The molecule has 0 bridgehead atoms. The monoisotopic (exact) mass is 309 g/mol. The molecule has 4 nitrogen and oxygen atoms in total. The van der Waals surface area contributed by atoms with Crippen LogP contribution in [-0.4, -0.2) is 21.6 Å². The SMILES string of the molecule is O=S(=O)(c1cccc(Cl)c1)N1CCOc2ccccc21. The fourth-order valence-electron chi connectivity index (χ4n) is 2.15. The highest BCUT2D eigenvalue weighted by molar-refractivity contribution is 7.92. The van der Waals surface area contributed by atoms with Crippen molar-refractivity contribution in [2.24, 2.45) is 0 Å². The van der Waals surface area contributed by atoms with Crippen LogP contribution < -0.4 is 9.04 Å². The van der Waals surface area contributed by atoms with E-state index in [2.05, 4.69) is 0 Å². The van der Waals surface area contributed by atoms with E-state index >= 15 is 0 Å². The van der Waals surface area contributed by atoms with Crippen molar-refractivity contribution in [1.82, 2.24) is 0 Å². The van der Waals surface area contributed by atoms with Crippen molar-refractivity contribution >= 4 is 27.3 Å². The molecule has 1 aliphatic heterocycles. The topological polar surface area (TPSA) is 46.6 Å². The lowest BCUT2D eigenvalue weighted by molar-refractivity contribution is 0.316. The number of ether oxygens (including phenoxy) is 1. The highest BCUT2D eigenvalue weighted by atomic mass is 35.5. The van der Waals surface area contributed by atoms with Gasteiger partial charge in [0.05, 0.1) is 17.1 Å². The number of anilines is 1. The number of sulfonamides is 1. The number of hydrogen-bond donors (Lipinski definition) is 0. The Hall–Kier alpha value is -1.72. The zero-order chi connectivity index (χ0) is 14.2. The quantitative estimate of drug-likeness (QED) is 0.857. The maximum Gasteiger partial charge on any atom is 0.264 e. The molecule has 0 unspecified atom stereocenters. The van der Waals surface area contributed by atoms with Crippen molar-refractivity contribution in [3.63, 3.8) is 0 Å². The second-order valence-electron chi connectivity index (χ2n) is 4.35. The normalized spacial score (nSPS) is 14.6. The zero-order valence-corrected chi connectivity index (χ0v) is 12.1. The molecule has 2 aromatic rings. The molecule has 3 rings (SSSR count). The number of nitrogens with zero attached hydrogens (tertiary/aromatic N) is 1. The summed E-state index contributed by atoms with van der Waals surface area (Å²) in [6.07, 6.45) is 0. The van der Waals surface area contributed by atoms with E-state index in [1.54, 1.807) is 36.4 Å². The third kappa shape index (κ3) is 2.23. The van der Waals surface area contributed by atoms with E-state index in [-0.39, 0.29) is 11.4 Å². The minimum atomic E-state index is -3.63. The van der Waals surface area contributed by atoms with Crippen LogP contribution in [0.15, 0.2) is 53.4 Å². The van der Waals surface area contributed by atoms with Crippen molar-refractivity contribution in [2.45, 2.75) is 4.90 Å². The molecule has 0 atom stereocenters. The molecule has 0 N–H and O–H groups in total. The van der Waals surface area contributed by atoms with Crippen molar-refractivity contribution in [3.8, 4) is 5.75 Å². The molecular weight excluding hydrogens is 298 g/mol. The molecule has 0 amide bonds. The fraction of sp³-hybridized carbons (Fsp3) is 0.143. The number of fused-ring (bicyclic) bond motifs is 1. The van der Waals surface area contributed by atoms with Gasteiger partial charge in [0.25, 0.3) is 10.0 Å². The first-order valence-corrected chi connectivity index (χ1v) is 7.91. The molecular formula is C14H12ClNO3S. The van der Waals surface area contributed by atoms with Crippen molar-refractivity contribution in [2.75, 3.05) is 17.5 Å². The second-order valence-corrected chi connectivity index (χ2v) is 6.65. The molecule has 0 saturated carbocycles. The Kier molecular flexibility index (Phi) is 3.31. The van der Waals surface area contributed by atoms with Crippen molar-refractivity contribution in [3.05, 3.63) is 53.6 Å². The van der Waals surface area contributed by atoms with Gasteiger partial charge >= 0.3 is 0 Å². The highest BCUT2D eigenvalue weighted by Gasteiger charge is 2.29. The average molecular weight is 310 g/mol. The molecule has 0 saturated heterocycles. The highest BCUT2D eigenvalue weighted by Crippen LogP contribution is 2.35. The van der Waals surface area contributed by atoms with E-state index in [1.165, 1.54) is 10.4 Å². The van der Waals surface area contributed by atoms with E-state index in [0.717, 1.165) is 0 Å².